The fourth-order valence-corrected chi connectivity index (χ4v) is 2.07. The van der Waals surface area contributed by atoms with Crippen molar-refractivity contribution in [1.29, 1.82) is 0 Å². The molecule has 4 heteroatoms. The molecule has 0 N–H and O–H groups in total. The van der Waals surface area contributed by atoms with Gasteiger partial charge in [-0.25, -0.2) is 0 Å². The second-order valence-corrected chi connectivity index (χ2v) is 4.36. The van der Waals surface area contributed by atoms with Gasteiger partial charge in [0, 0.05) is 0 Å². The first kappa shape index (κ1) is 20.5. The van der Waals surface area contributed by atoms with E-state index in [9.17, 15) is 0 Å². The molecule has 1 atom stereocenters. The summed E-state index contributed by atoms with van der Waals surface area (Å²) in [5.41, 5.74) is 2.86. The van der Waals surface area contributed by atoms with Crippen LogP contribution in [0.15, 0.2) is 52.5 Å². The molecule has 0 saturated heterocycles. The zero-order valence-corrected chi connectivity index (χ0v) is 12.0. The van der Waals surface area contributed by atoms with Crippen LogP contribution >= 0.6 is 0 Å². The Hall–Kier alpha value is -1.77. The molecule has 0 saturated carbocycles. The number of hydrogen-bond acceptors (Lipinski definition) is 3. The standard InChI is InChI=1S/C13H13.3CO.Fe/c1-11(13-9-5-6-10-13)12-7-3-2-4-8-12;3*1-2;/h2-5,7-9,11H,10H2,1H3;;;;. The molecule has 0 bridgehead atoms. The fraction of sp³-hybridized carbons (Fsp3) is 0.188. The minimum absolute atomic E-state index is 0.520. The van der Waals surface area contributed by atoms with E-state index in [2.05, 4.69) is 85.8 Å². The van der Waals surface area contributed by atoms with Gasteiger partial charge >= 0.3 is 93.4 Å². The van der Waals surface area contributed by atoms with Gasteiger partial charge in [0.15, 0.2) is 0 Å². The van der Waals surface area contributed by atoms with Crippen molar-refractivity contribution in [3.05, 3.63) is 58.1 Å². The van der Waals surface area contributed by atoms with Crippen molar-refractivity contribution in [3.8, 4) is 0 Å². The van der Waals surface area contributed by atoms with Crippen molar-refractivity contribution in [2.24, 2.45) is 0 Å². The van der Waals surface area contributed by atoms with E-state index in [1.807, 2.05) is 0 Å². The Morgan fingerprint density at radius 1 is 0.950 bits per heavy atom. The van der Waals surface area contributed by atoms with Gasteiger partial charge in [0.1, 0.15) is 0 Å². The van der Waals surface area contributed by atoms with Crippen LogP contribution in [0.1, 0.15) is 24.8 Å². The molecule has 0 heterocycles. The summed E-state index contributed by atoms with van der Waals surface area (Å²) >= 11 is 3.97. The zero-order valence-electron chi connectivity index (χ0n) is 10.9. The van der Waals surface area contributed by atoms with Crippen molar-refractivity contribution in [3.63, 3.8) is 0 Å². The number of benzene rings is 1. The molecule has 1 aliphatic carbocycles. The van der Waals surface area contributed by atoms with Crippen LogP contribution in [0.5, 0.6) is 0 Å². The maximum absolute atomic E-state index is 7.50. The van der Waals surface area contributed by atoms with E-state index < -0.39 is 0 Å². The molecule has 1 aliphatic rings. The van der Waals surface area contributed by atoms with Crippen molar-refractivity contribution in [2.75, 3.05) is 0 Å². The fourth-order valence-electron chi connectivity index (χ4n) is 1.76. The average molecular weight is 309 g/mol. The third kappa shape index (κ3) is 6.98. The summed E-state index contributed by atoms with van der Waals surface area (Å²) in [4.78, 5) is 22.5. The van der Waals surface area contributed by atoms with Crippen LogP contribution in [0.4, 0.5) is 0 Å². The van der Waals surface area contributed by atoms with Gasteiger partial charge in [-0.05, 0) is 0 Å². The monoisotopic (exact) mass is 309 g/mol. The number of allylic oxidation sites excluding steroid dienone is 4. The predicted molar refractivity (Wildman–Crippen MR) is 72.7 cm³/mol. The quantitative estimate of drug-likeness (QED) is 0.788. The smallest absolute Gasteiger partial charge is 0.281 e. The van der Waals surface area contributed by atoms with Crippen molar-refractivity contribution in [2.45, 2.75) is 19.3 Å². The Morgan fingerprint density at radius 2 is 1.45 bits per heavy atom. The average Bonchev–Trinajstić information content (AvgIpc) is 3.00. The Labute approximate surface area is 128 Å². The minimum Gasteiger partial charge on any atom is -0.281 e. The third-order valence-corrected chi connectivity index (χ3v) is 3.08. The van der Waals surface area contributed by atoms with Crippen molar-refractivity contribution < 1.29 is 30.4 Å². The Bertz CT molecular complexity index is 422. The first-order valence-electron chi connectivity index (χ1n) is 5.47. The number of hydrogen-bond donors (Lipinski definition) is 0. The van der Waals surface area contributed by atoms with Gasteiger partial charge in [-0.15, -0.1) is 0 Å². The van der Waals surface area contributed by atoms with Crippen LogP contribution in [0.25, 0.3) is 0 Å². The Balaban J connectivity index is 0. The Morgan fingerprint density at radius 3 is 1.85 bits per heavy atom. The molecule has 0 aromatic heterocycles. The molecule has 6 radical (unpaired) electrons. The normalized spacial score (nSPS) is 12.9. The molecule has 0 fully saturated rings. The van der Waals surface area contributed by atoms with Gasteiger partial charge in [0.2, 0.25) is 0 Å². The molecule has 3 nitrogen and oxygen atoms in total. The molecule has 0 aliphatic heterocycles. The Kier molecular flexibility index (Phi) is 14.0. The SMILES string of the molecule is CC(C1=CC=[C]([Fe])C1)c1ccccc1.[C]=O.[C]=O.[C]=O. The summed E-state index contributed by atoms with van der Waals surface area (Å²) in [6.07, 6.45) is 5.37. The van der Waals surface area contributed by atoms with Gasteiger partial charge in [0.25, 0.3) is 20.4 Å². The summed E-state index contributed by atoms with van der Waals surface area (Å²) in [6.45, 7) is 15.8. The first-order valence-corrected chi connectivity index (χ1v) is 6.02. The zero-order chi connectivity index (χ0) is 16.0. The molecular formula is C16H13FeO3. The molecule has 103 valence electrons. The molecule has 0 spiro atoms. The van der Waals surface area contributed by atoms with Gasteiger partial charge < -0.3 is 0 Å². The van der Waals surface area contributed by atoms with Crippen molar-refractivity contribution >= 4 is 20.4 Å². The second-order valence-electron chi connectivity index (χ2n) is 3.65. The third-order valence-electron chi connectivity index (χ3n) is 2.70. The predicted octanol–water partition coefficient (Wildman–Crippen LogP) is 2.36. The van der Waals surface area contributed by atoms with Gasteiger partial charge in [-0.1, -0.05) is 0 Å². The molecule has 1 aromatic rings. The first-order chi connectivity index (χ1) is 9.77. The summed E-state index contributed by atoms with van der Waals surface area (Å²) in [6, 6.07) is 10.6. The second kappa shape index (κ2) is 13.7. The van der Waals surface area contributed by atoms with Gasteiger partial charge in [-0.2, -0.15) is 0 Å². The van der Waals surface area contributed by atoms with E-state index in [0.29, 0.717) is 5.92 Å². The summed E-state index contributed by atoms with van der Waals surface area (Å²) in [7, 11) is 0. The molecule has 20 heavy (non-hydrogen) atoms. The minimum atomic E-state index is 0.520. The van der Waals surface area contributed by atoms with Crippen LogP contribution in [0.2, 0.25) is 0 Å². The molecule has 1 unspecified atom stereocenters. The van der Waals surface area contributed by atoms with Crippen LogP contribution in [-0.4, -0.2) is 20.4 Å². The van der Waals surface area contributed by atoms with E-state index >= 15 is 0 Å². The molecule has 2 rings (SSSR count). The van der Waals surface area contributed by atoms with Crippen LogP contribution in [-0.2, 0) is 30.4 Å². The number of rotatable bonds is 2. The van der Waals surface area contributed by atoms with E-state index in [1.165, 1.54) is 15.6 Å². The van der Waals surface area contributed by atoms with E-state index in [-0.39, 0.29) is 0 Å². The van der Waals surface area contributed by atoms with Gasteiger partial charge in [0.05, 0.1) is 0 Å². The van der Waals surface area contributed by atoms with E-state index in [4.69, 9.17) is 14.4 Å². The molecule has 0 amide bonds. The number of carbonyl (C=O) groups excluding carboxylic acids is 3. The van der Waals surface area contributed by atoms with E-state index in [0.717, 1.165) is 6.42 Å². The van der Waals surface area contributed by atoms with Gasteiger partial charge in [-0.3, -0.25) is 14.4 Å². The van der Waals surface area contributed by atoms with E-state index in [1.54, 1.807) is 0 Å². The molecular weight excluding hydrogens is 296 g/mol. The maximum atomic E-state index is 7.50. The summed E-state index contributed by atoms with van der Waals surface area (Å²) in [5.74, 6) is 0.520. The van der Waals surface area contributed by atoms with Crippen LogP contribution < -0.4 is 0 Å². The summed E-state index contributed by atoms with van der Waals surface area (Å²) in [5, 5.41) is 0. The summed E-state index contributed by atoms with van der Waals surface area (Å²) < 4.78 is 1.22. The largest absolute Gasteiger partial charge is 0.281 e. The topological polar surface area (TPSA) is 51.2 Å². The van der Waals surface area contributed by atoms with Crippen LogP contribution in [0.3, 0.4) is 0 Å². The maximum Gasteiger partial charge on any atom is 0.281 e. The molecule has 1 aromatic carbocycles. The van der Waals surface area contributed by atoms with Crippen LogP contribution in [0, 0.1) is 0 Å². The van der Waals surface area contributed by atoms with Crippen molar-refractivity contribution in [1.82, 2.24) is 0 Å².